The minimum absolute atomic E-state index is 0.276. The summed E-state index contributed by atoms with van der Waals surface area (Å²) in [6.07, 6.45) is 3.63. The van der Waals surface area contributed by atoms with Crippen LogP contribution in [0, 0.1) is 5.92 Å². The Labute approximate surface area is 135 Å². The van der Waals surface area contributed by atoms with Crippen molar-refractivity contribution in [1.82, 2.24) is 10.6 Å². The number of imide groups is 2. The van der Waals surface area contributed by atoms with Crippen LogP contribution in [0.5, 0.6) is 0 Å². The maximum absolute atomic E-state index is 11.8. The summed E-state index contributed by atoms with van der Waals surface area (Å²) in [5, 5.41) is 4.61. The third-order valence-corrected chi connectivity index (χ3v) is 4.70. The van der Waals surface area contributed by atoms with Gasteiger partial charge in [-0.15, -0.1) is 0 Å². The van der Waals surface area contributed by atoms with Gasteiger partial charge in [-0.1, -0.05) is 13.3 Å². The van der Waals surface area contributed by atoms with E-state index in [-0.39, 0.29) is 29.5 Å². The normalized spacial score (nSPS) is 19.6. The first-order valence-electron chi connectivity index (χ1n) is 7.96. The minimum atomic E-state index is -0.307. The van der Waals surface area contributed by atoms with E-state index >= 15 is 0 Å². The van der Waals surface area contributed by atoms with Gasteiger partial charge in [-0.3, -0.25) is 29.8 Å². The lowest BCUT2D eigenvalue weighted by atomic mass is 9.89. The first-order chi connectivity index (χ1) is 10.8. The molecule has 2 aliphatic heterocycles. The molecule has 0 saturated heterocycles. The lowest BCUT2D eigenvalue weighted by Gasteiger charge is -2.15. The van der Waals surface area contributed by atoms with Gasteiger partial charge in [0.05, 0.1) is 0 Å². The fourth-order valence-corrected chi connectivity index (χ4v) is 3.01. The molecule has 0 bridgehead atoms. The van der Waals surface area contributed by atoms with Crippen molar-refractivity contribution in [3.05, 3.63) is 22.3 Å². The van der Waals surface area contributed by atoms with Crippen LogP contribution in [-0.4, -0.2) is 23.6 Å². The Bertz CT molecular complexity index is 643. The zero-order chi connectivity index (χ0) is 17.1. The summed E-state index contributed by atoms with van der Waals surface area (Å²) in [4.78, 5) is 46.3. The molecule has 0 spiro atoms. The molecule has 2 rings (SSSR count). The van der Waals surface area contributed by atoms with Crippen molar-refractivity contribution in [2.45, 2.75) is 52.9 Å². The van der Waals surface area contributed by atoms with Crippen molar-refractivity contribution in [3.8, 4) is 0 Å². The second kappa shape index (κ2) is 6.89. The Hall–Kier alpha value is -2.24. The van der Waals surface area contributed by atoms with Gasteiger partial charge in [-0.05, 0) is 45.4 Å². The average Bonchev–Trinajstić information content (AvgIpc) is 2.88. The number of hydrogen-bond acceptors (Lipinski definition) is 4. The lowest BCUT2D eigenvalue weighted by molar-refractivity contribution is -0.125. The third-order valence-electron chi connectivity index (χ3n) is 4.70. The van der Waals surface area contributed by atoms with Crippen LogP contribution in [0.15, 0.2) is 22.3 Å². The van der Waals surface area contributed by atoms with Gasteiger partial charge in [0.1, 0.15) is 0 Å². The first-order valence-corrected chi connectivity index (χ1v) is 7.96. The molecule has 0 aromatic heterocycles. The van der Waals surface area contributed by atoms with Crippen LogP contribution in [0.2, 0.25) is 0 Å². The van der Waals surface area contributed by atoms with E-state index in [0.29, 0.717) is 35.1 Å². The molecule has 1 unspecified atom stereocenters. The molecular weight excluding hydrogens is 296 g/mol. The molecule has 1 atom stereocenters. The molecule has 0 radical (unpaired) electrons. The van der Waals surface area contributed by atoms with Crippen molar-refractivity contribution in [2.75, 3.05) is 0 Å². The summed E-state index contributed by atoms with van der Waals surface area (Å²) in [6, 6.07) is 0. The van der Waals surface area contributed by atoms with Gasteiger partial charge in [0.25, 0.3) is 23.6 Å². The van der Waals surface area contributed by atoms with Crippen LogP contribution < -0.4 is 10.6 Å². The fourth-order valence-electron chi connectivity index (χ4n) is 3.01. The van der Waals surface area contributed by atoms with Gasteiger partial charge < -0.3 is 0 Å². The molecule has 6 heteroatoms. The zero-order valence-corrected chi connectivity index (χ0v) is 13.7. The molecular formula is C17H22N2O4. The highest BCUT2D eigenvalue weighted by molar-refractivity contribution is 6.19. The predicted molar refractivity (Wildman–Crippen MR) is 83.9 cm³/mol. The maximum Gasteiger partial charge on any atom is 0.254 e. The van der Waals surface area contributed by atoms with Crippen molar-refractivity contribution in [1.29, 1.82) is 0 Å². The van der Waals surface area contributed by atoms with Crippen LogP contribution in [0.4, 0.5) is 0 Å². The summed E-state index contributed by atoms with van der Waals surface area (Å²) >= 11 is 0. The highest BCUT2D eigenvalue weighted by atomic mass is 16.2. The minimum Gasteiger partial charge on any atom is -0.289 e. The summed E-state index contributed by atoms with van der Waals surface area (Å²) in [6.45, 7) is 5.38. The molecule has 0 saturated carbocycles. The number of amides is 4. The molecule has 23 heavy (non-hydrogen) atoms. The average molecular weight is 318 g/mol. The van der Waals surface area contributed by atoms with E-state index < -0.39 is 0 Å². The molecule has 124 valence electrons. The van der Waals surface area contributed by atoms with E-state index in [4.69, 9.17) is 0 Å². The monoisotopic (exact) mass is 318 g/mol. The summed E-state index contributed by atoms with van der Waals surface area (Å²) in [7, 11) is 0. The van der Waals surface area contributed by atoms with Crippen molar-refractivity contribution in [3.63, 3.8) is 0 Å². The SMILES string of the molecule is CCC(CCCC1=C(C)C(=O)NC1=O)CC1=C(C)C(=O)NC1=O. The molecule has 6 nitrogen and oxygen atoms in total. The number of hydrogen-bond donors (Lipinski definition) is 2. The Kier molecular flexibility index (Phi) is 5.13. The van der Waals surface area contributed by atoms with E-state index in [1.165, 1.54) is 0 Å². The Morgan fingerprint density at radius 1 is 0.826 bits per heavy atom. The summed E-state index contributed by atoms with van der Waals surface area (Å²) in [5.41, 5.74) is 2.15. The van der Waals surface area contributed by atoms with Gasteiger partial charge in [0, 0.05) is 22.3 Å². The number of carbonyl (C=O) groups is 4. The second-order valence-corrected chi connectivity index (χ2v) is 6.14. The van der Waals surface area contributed by atoms with Crippen LogP contribution in [-0.2, 0) is 19.2 Å². The molecule has 4 amide bonds. The summed E-state index contributed by atoms with van der Waals surface area (Å²) in [5.74, 6) is -0.913. The highest BCUT2D eigenvalue weighted by Gasteiger charge is 2.29. The molecule has 2 aliphatic rings. The van der Waals surface area contributed by atoms with E-state index in [9.17, 15) is 19.2 Å². The van der Waals surface area contributed by atoms with Gasteiger partial charge >= 0.3 is 0 Å². The maximum atomic E-state index is 11.8. The van der Waals surface area contributed by atoms with Crippen LogP contribution in [0.3, 0.4) is 0 Å². The lowest BCUT2D eigenvalue weighted by Crippen LogP contribution is -2.23. The quantitative estimate of drug-likeness (QED) is 0.696. The number of rotatable bonds is 7. The topological polar surface area (TPSA) is 92.3 Å². The van der Waals surface area contributed by atoms with E-state index in [0.717, 1.165) is 19.3 Å². The number of nitrogens with one attached hydrogen (secondary N) is 2. The molecule has 0 aliphatic carbocycles. The predicted octanol–water partition coefficient (Wildman–Crippen LogP) is 1.52. The van der Waals surface area contributed by atoms with Crippen LogP contribution in [0.1, 0.15) is 52.9 Å². The second-order valence-electron chi connectivity index (χ2n) is 6.14. The molecule has 0 fully saturated rings. The Balaban J connectivity index is 1.92. The van der Waals surface area contributed by atoms with Gasteiger partial charge in [0.15, 0.2) is 0 Å². The van der Waals surface area contributed by atoms with Crippen molar-refractivity contribution < 1.29 is 19.2 Å². The smallest absolute Gasteiger partial charge is 0.254 e. The van der Waals surface area contributed by atoms with E-state index in [1.54, 1.807) is 13.8 Å². The van der Waals surface area contributed by atoms with Gasteiger partial charge in [-0.2, -0.15) is 0 Å². The van der Waals surface area contributed by atoms with Crippen molar-refractivity contribution >= 4 is 23.6 Å². The molecule has 2 N–H and O–H groups in total. The molecule has 0 aromatic carbocycles. The van der Waals surface area contributed by atoms with E-state index in [1.807, 2.05) is 6.92 Å². The van der Waals surface area contributed by atoms with Gasteiger partial charge in [-0.25, -0.2) is 0 Å². The van der Waals surface area contributed by atoms with Crippen molar-refractivity contribution in [2.24, 2.45) is 5.92 Å². The highest BCUT2D eigenvalue weighted by Crippen LogP contribution is 2.27. The van der Waals surface area contributed by atoms with Crippen LogP contribution in [0.25, 0.3) is 0 Å². The third kappa shape index (κ3) is 3.57. The van der Waals surface area contributed by atoms with Gasteiger partial charge in [0.2, 0.25) is 0 Å². The van der Waals surface area contributed by atoms with E-state index in [2.05, 4.69) is 10.6 Å². The summed E-state index contributed by atoms with van der Waals surface area (Å²) < 4.78 is 0. The zero-order valence-electron chi connectivity index (χ0n) is 13.7. The molecule has 2 heterocycles. The molecule has 0 aromatic rings. The fraction of sp³-hybridized carbons (Fsp3) is 0.529. The first kappa shape index (κ1) is 17.1. The number of carbonyl (C=O) groups excluding carboxylic acids is 4. The Morgan fingerprint density at radius 3 is 1.78 bits per heavy atom. The van der Waals surface area contributed by atoms with Crippen LogP contribution >= 0.6 is 0 Å². The largest absolute Gasteiger partial charge is 0.289 e. The standard InChI is InChI=1S/C17H22N2O4/c1-4-11(8-13-10(3)15(21)19-17(13)23)6-5-7-12-9(2)14(20)18-16(12)22/h11H,4-8H2,1-3H3,(H,18,20,22)(H,19,21,23). The Morgan fingerprint density at radius 2 is 1.35 bits per heavy atom.